The van der Waals surface area contributed by atoms with Crippen LogP contribution >= 0.6 is 0 Å². The molecule has 2 nitrogen and oxygen atoms in total. The fourth-order valence-corrected chi connectivity index (χ4v) is 1.46. The monoisotopic (exact) mass is 266 g/mol. The summed E-state index contributed by atoms with van der Waals surface area (Å²) in [7, 11) is -6.00. The quantitative estimate of drug-likeness (QED) is 0.349. The molecule has 0 fully saturated rings. The van der Waals surface area contributed by atoms with Gasteiger partial charge in [0.05, 0.1) is 6.54 Å². The predicted molar refractivity (Wildman–Crippen MR) is 65.4 cm³/mol. The first-order chi connectivity index (χ1) is 8.38. The highest BCUT2D eigenvalue weighted by molar-refractivity contribution is 6.50. The third-order valence-electron chi connectivity index (χ3n) is 2.24. The molecule has 0 bridgehead atoms. The highest BCUT2D eigenvalue weighted by atomic mass is 19.5. The number of hydrogen-bond donors (Lipinski definition) is 1. The van der Waals surface area contributed by atoms with Crippen molar-refractivity contribution in [1.82, 2.24) is 4.98 Å². The molecular formula is C11H19BF4N2. The molecule has 0 aliphatic rings. The van der Waals surface area contributed by atoms with Gasteiger partial charge in [-0.05, 0) is 12.8 Å². The molecule has 0 spiro atoms. The Morgan fingerprint density at radius 3 is 2.39 bits per heavy atom. The molecule has 1 aromatic rings. The van der Waals surface area contributed by atoms with E-state index in [9.17, 15) is 17.3 Å². The Kier molecular flexibility index (Phi) is 8.16. The zero-order valence-corrected chi connectivity index (χ0v) is 10.5. The number of nitrogens with one attached hydrogen (secondary N) is 1. The fourth-order valence-electron chi connectivity index (χ4n) is 1.46. The predicted octanol–water partition coefficient (Wildman–Crippen LogP) is 3.83. The van der Waals surface area contributed by atoms with Crippen LogP contribution in [-0.4, -0.2) is 12.2 Å². The van der Waals surface area contributed by atoms with Gasteiger partial charge in [0, 0.05) is 6.08 Å². The van der Waals surface area contributed by atoms with Crippen LogP contribution in [0.25, 0.3) is 6.08 Å². The Bertz CT molecular complexity index is 330. The van der Waals surface area contributed by atoms with Gasteiger partial charge in [0.2, 0.25) is 0 Å². The summed E-state index contributed by atoms with van der Waals surface area (Å²) in [4.78, 5) is 3.14. The van der Waals surface area contributed by atoms with E-state index in [1.807, 2.05) is 12.3 Å². The average molecular weight is 266 g/mol. The minimum absolute atomic E-state index is 1.10. The average Bonchev–Trinajstić information content (AvgIpc) is 2.69. The SMILES string of the molecule is C=Cc1[nH]cc[n+]1CCCCCC.F[B-](F)(F)F. The number of aryl methyl sites for hydroxylation is 1. The number of nitrogens with zero attached hydrogens (tertiary/aromatic N) is 1. The van der Waals surface area contributed by atoms with E-state index in [1.54, 1.807) is 0 Å². The van der Waals surface area contributed by atoms with Crippen LogP contribution in [0.4, 0.5) is 17.3 Å². The van der Waals surface area contributed by atoms with Crippen molar-refractivity contribution in [3.05, 3.63) is 24.8 Å². The standard InChI is InChI=1S/C11H18N2.BF4/c1-3-5-6-7-9-13-10-8-12-11(13)4-2;2-1(3,4)5/h4,8,10H,2-3,5-7,9H2,1H3;/q;-1/p+1. The lowest BCUT2D eigenvalue weighted by Crippen LogP contribution is -2.34. The minimum Gasteiger partial charge on any atom is -0.418 e. The van der Waals surface area contributed by atoms with Crippen molar-refractivity contribution in [2.75, 3.05) is 0 Å². The topological polar surface area (TPSA) is 19.7 Å². The molecule has 1 heterocycles. The summed E-state index contributed by atoms with van der Waals surface area (Å²) >= 11 is 0. The molecule has 18 heavy (non-hydrogen) atoms. The second-order valence-corrected chi connectivity index (χ2v) is 3.80. The highest BCUT2D eigenvalue weighted by Gasteiger charge is 2.20. The Hall–Kier alpha value is -1.27. The maximum atomic E-state index is 9.75. The van der Waals surface area contributed by atoms with E-state index < -0.39 is 7.25 Å². The lowest BCUT2D eigenvalue weighted by Gasteiger charge is -1.97. The van der Waals surface area contributed by atoms with E-state index in [0.29, 0.717) is 0 Å². The van der Waals surface area contributed by atoms with E-state index in [-0.39, 0.29) is 0 Å². The lowest BCUT2D eigenvalue weighted by molar-refractivity contribution is -0.697. The number of aromatic nitrogens is 2. The van der Waals surface area contributed by atoms with Crippen LogP contribution in [0, 0.1) is 0 Å². The van der Waals surface area contributed by atoms with Crippen LogP contribution in [0.2, 0.25) is 0 Å². The number of aromatic amines is 1. The van der Waals surface area contributed by atoms with E-state index >= 15 is 0 Å². The molecule has 0 aromatic carbocycles. The fraction of sp³-hybridized carbons (Fsp3) is 0.545. The van der Waals surface area contributed by atoms with Gasteiger partial charge >= 0.3 is 7.25 Å². The lowest BCUT2D eigenvalue weighted by atomic mass is 10.2. The van der Waals surface area contributed by atoms with Crippen LogP contribution in [0.15, 0.2) is 19.0 Å². The van der Waals surface area contributed by atoms with Crippen molar-refractivity contribution < 1.29 is 21.8 Å². The zero-order valence-electron chi connectivity index (χ0n) is 10.5. The van der Waals surface area contributed by atoms with Gasteiger partial charge in [-0.1, -0.05) is 26.3 Å². The number of unbranched alkanes of at least 4 members (excludes halogenated alkanes) is 3. The summed E-state index contributed by atoms with van der Waals surface area (Å²) in [5.41, 5.74) is 0. The van der Waals surface area contributed by atoms with E-state index in [4.69, 9.17) is 0 Å². The van der Waals surface area contributed by atoms with Crippen molar-refractivity contribution in [2.24, 2.45) is 0 Å². The molecule has 0 atom stereocenters. The maximum absolute atomic E-state index is 9.75. The van der Waals surface area contributed by atoms with Crippen LogP contribution < -0.4 is 4.57 Å². The summed E-state index contributed by atoms with van der Waals surface area (Å²) in [5.74, 6) is 1.11. The Morgan fingerprint density at radius 2 is 1.89 bits per heavy atom. The molecule has 1 aromatic heterocycles. The van der Waals surface area contributed by atoms with E-state index in [0.717, 1.165) is 12.4 Å². The number of imidazole rings is 1. The molecule has 1 rings (SSSR count). The first kappa shape index (κ1) is 16.7. The number of halogens is 4. The van der Waals surface area contributed by atoms with Gasteiger partial charge in [-0.2, -0.15) is 0 Å². The molecule has 0 saturated heterocycles. The van der Waals surface area contributed by atoms with Gasteiger partial charge in [-0.15, -0.1) is 0 Å². The highest BCUT2D eigenvalue weighted by Crippen LogP contribution is 2.06. The van der Waals surface area contributed by atoms with E-state index in [2.05, 4.69) is 29.3 Å². The number of hydrogen-bond acceptors (Lipinski definition) is 0. The molecule has 0 radical (unpaired) electrons. The maximum Gasteiger partial charge on any atom is 0.673 e. The first-order valence-corrected chi connectivity index (χ1v) is 5.95. The van der Waals surface area contributed by atoms with Crippen molar-refractivity contribution >= 4 is 13.3 Å². The minimum atomic E-state index is -6.00. The molecule has 104 valence electrons. The third-order valence-corrected chi connectivity index (χ3v) is 2.24. The molecule has 0 unspecified atom stereocenters. The van der Waals surface area contributed by atoms with Gasteiger partial charge in [0.1, 0.15) is 12.4 Å². The van der Waals surface area contributed by atoms with Crippen LogP contribution in [0.1, 0.15) is 38.4 Å². The van der Waals surface area contributed by atoms with Crippen LogP contribution in [-0.2, 0) is 6.54 Å². The Balaban J connectivity index is 0.000000494. The second kappa shape index (κ2) is 8.77. The molecule has 7 heteroatoms. The number of H-pyrrole nitrogens is 1. The van der Waals surface area contributed by atoms with E-state index in [1.165, 1.54) is 25.7 Å². The number of rotatable bonds is 6. The Morgan fingerprint density at radius 1 is 1.28 bits per heavy atom. The van der Waals surface area contributed by atoms with Gasteiger partial charge < -0.3 is 17.3 Å². The molecule has 0 aliphatic heterocycles. The molecule has 1 N–H and O–H groups in total. The van der Waals surface area contributed by atoms with Crippen LogP contribution in [0.5, 0.6) is 0 Å². The van der Waals surface area contributed by atoms with Gasteiger partial charge in [0.15, 0.2) is 0 Å². The summed E-state index contributed by atoms with van der Waals surface area (Å²) in [5, 5.41) is 0. The largest absolute Gasteiger partial charge is 0.673 e. The molecule has 0 aliphatic carbocycles. The third kappa shape index (κ3) is 9.93. The summed E-state index contributed by atoms with van der Waals surface area (Å²) in [6, 6.07) is 0. The van der Waals surface area contributed by atoms with Crippen LogP contribution in [0.3, 0.4) is 0 Å². The smallest absolute Gasteiger partial charge is 0.418 e. The summed E-state index contributed by atoms with van der Waals surface area (Å²) < 4.78 is 41.2. The normalized spacial score (nSPS) is 10.7. The summed E-state index contributed by atoms with van der Waals surface area (Å²) in [6.45, 7) is 7.09. The van der Waals surface area contributed by atoms with Crippen molar-refractivity contribution in [3.8, 4) is 0 Å². The van der Waals surface area contributed by atoms with Crippen molar-refractivity contribution in [1.29, 1.82) is 0 Å². The van der Waals surface area contributed by atoms with Gasteiger partial charge in [-0.3, -0.25) is 0 Å². The van der Waals surface area contributed by atoms with Crippen molar-refractivity contribution in [3.63, 3.8) is 0 Å². The zero-order chi connectivity index (χ0) is 14.0. The molecule has 0 saturated carbocycles. The molecule has 0 amide bonds. The van der Waals surface area contributed by atoms with Crippen molar-refractivity contribution in [2.45, 2.75) is 39.2 Å². The molecular weight excluding hydrogens is 247 g/mol. The van der Waals surface area contributed by atoms with Gasteiger partial charge in [-0.25, -0.2) is 9.55 Å². The summed E-state index contributed by atoms with van der Waals surface area (Å²) in [6.07, 6.45) is 11.1. The first-order valence-electron chi connectivity index (χ1n) is 5.95. The Labute approximate surface area is 105 Å². The second-order valence-electron chi connectivity index (χ2n) is 3.80. The van der Waals surface area contributed by atoms with Gasteiger partial charge in [0.25, 0.3) is 5.82 Å².